The third-order valence-corrected chi connectivity index (χ3v) is 11.3. The molecule has 0 N–H and O–H groups in total. The predicted molar refractivity (Wildman–Crippen MR) is 227 cm³/mol. The maximum absolute atomic E-state index is 6.58. The zero-order chi connectivity index (χ0) is 36.9. The Kier molecular flexibility index (Phi) is 6.51. The third-order valence-electron chi connectivity index (χ3n) is 11.3. The van der Waals surface area contributed by atoms with Crippen LogP contribution in [0.5, 0.6) is 23.0 Å². The first-order chi connectivity index (χ1) is 27.7. The van der Waals surface area contributed by atoms with Crippen LogP contribution in [-0.2, 0) is 6.54 Å². The van der Waals surface area contributed by atoms with Gasteiger partial charge in [-0.25, -0.2) is 0 Å². The van der Waals surface area contributed by atoms with E-state index in [2.05, 4.69) is 143 Å². The molecule has 0 amide bonds. The fraction of sp³-hybridized carbons (Fsp3) is 0.0400. The zero-order valence-corrected chi connectivity index (χ0v) is 30.4. The molecule has 8 aromatic carbocycles. The molecule has 2 aliphatic heterocycles. The molecule has 6 nitrogen and oxygen atoms in total. The Hall–Kier alpha value is -7.44. The summed E-state index contributed by atoms with van der Waals surface area (Å²) in [6.07, 6.45) is 0. The van der Waals surface area contributed by atoms with Crippen molar-refractivity contribution in [2.75, 3.05) is 9.80 Å². The molecule has 266 valence electrons. The summed E-state index contributed by atoms with van der Waals surface area (Å²) < 4.78 is 21.7. The van der Waals surface area contributed by atoms with Gasteiger partial charge in [0.05, 0.1) is 28.0 Å². The average molecular weight is 724 g/mol. The molecule has 0 atom stereocenters. The molecule has 0 spiro atoms. The molecular weight excluding hydrogens is 691 g/mol. The molecular formula is C50H33N3O3. The standard InChI is InChI=1S/C50H33N3O3/c1-2-51-38-13-5-3-11-35(38)36-27-26-34(30-42(36)51)52(41-15-9-18-45-49(41)37-12-4-7-16-43(37)54-45)33-24-21-31(22-25-33)32-23-28-40-48(29-32)56-47-20-10-19-46-50(47)53(40)39-14-6-8-17-44(39)55-46/h3-30H,2H2,1H3. The number of ether oxygens (including phenoxy) is 2. The molecule has 0 unspecified atom stereocenters. The minimum absolute atomic E-state index is 0.771. The summed E-state index contributed by atoms with van der Waals surface area (Å²) in [7, 11) is 0. The summed E-state index contributed by atoms with van der Waals surface area (Å²) in [6, 6.07) is 59.6. The molecule has 0 saturated heterocycles. The Morgan fingerprint density at radius 3 is 2.02 bits per heavy atom. The lowest BCUT2D eigenvalue weighted by molar-refractivity contribution is 0.446. The number of hydrogen-bond donors (Lipinski definition) is 0. The molecule has 12 rings (SSSR count). The maximum atomic E-state index is 6.58. The Morgan fingerprint density at radius 2 is 1.14 bits per heavy atom. The number of para-hydroxylation sites is 5. The van der Waals surface area contributed by atoms with E-state index in [4.69, 9.17) is 13.9 Å². The van der Waals surface area contributed by atoms with Gasteiger partial charge in [-0.1, -0.05) is 84.9 Å². The van der Waals surface area contributed by atoms with Crippen molar-refractivity contribution in [2.24, 2.45) is 0 Å². The molecule has 0 radical (unpaired) electrons. The zero-order valence-electron chi connectivity index (χ0n) is 30.4. The quantitative estimate of drug-likeness (QED) is 0.177. The highest BCUT2D eigenvalue weighted by Gasteiger charge is 2.34. The van der Waals surface area contributed by atoms with E-state index in [1.165, 1.54) is 21.8 Å². The van der Waals surface area contributed by atoms with Crippen LogP contribution < -0.4 is 19.3 Å². The van der Waals surface area contributed by atoms with E-state index in [-0.39, 0.29) is 0 Å². The van der Waals surface area contributed by atoms with Crippen LogP contribution in [0.4, 0.5) is 34.1 Å². The number of fused-ring (bicyclic) bond motifs is 10. The molecule has 56 heavy (non-hydrogen) atoms. The second-order valence-electron chi connectivity index (χ2n) is 14.4. The summed E-state index contributed by atoms with van der Waals surface area (Å²) in [5.41, 5.74) is 12.4. The van der Waals surface area contributed by atoms with Crippen LogP contribution in [0, 0.1) is 0 Å². The van der Waals surface area contributed by atoms with Gasteiger partial charge < -0.3 is 23.4 Å². The minimum Gasteiger partial charge on any atom is -0.456 e. The highest BCUT2D eigenvalue weighted by molar-refractivity contribution is 6.14. The number of aryl methyl sites for hydroxylation is 1. The van der Waals surface area contributed by atoms with Crippen LogP contribution in [0.2, 0.25) is 0 Å². The van der Waals surface area contributed by atoms with Gasteiger partial charge in [-0.05, 0) is 103 Å². The van der Waals surface area contributed by atoms with Gasteiger partial charge in [-0.15, -0.1) is 0 Å². The lowest BCUT2D eigenvalue weighted by Gasteiger charge is -2.37. The van der Waals surface area contributed by atoms with E-state index in [0.29, 0.717) is 0 Å². The third kappa shape index (κ3) is 4.44. The monoisotopic (exact) mass is 723 g/mol. The predicted octanol–water partition coefficient (Wildman–Crippen LogP) is 14.5. The fourth-order valence-electron chi connectivity index (χ4n) is 8.87. The molecule has 6 heteroatoms. The van der Waals surface area contributed by atoms with Crippen LogP contribution in [0.25, 0.3) is 54.9 Å². The normalized spacial score (nSPS) is 12.7. The number of hydrogen-bond acceptors (Lipinski definition) is 5. The second kappa shape index (κ2) is 11.8. The van der Waals surface area contributed by atoms with Gasteiger partial charge in [-0.2, -0.15) is 0 Å². The van der Waals surface area contributed by atoms with Gasteiger partial charge in [-0.3, -0.25) is 4.90 Å². The smallest absolute Gasteiger partial charge is 0.155 e. The first-order valence-corrected chi connectivity index (χ1v) is 19.1. The van der Waals surface area contributed by atoms with Crippen LogP contribution in [0.3, 0.4) is 0 Å². The van der Waals surface area contributed by atoms with E-state index in [1.54, 1.807) is 0 Å². The Bertz CT molecular complexity index is 3210. The molecule has 0 aliphatic carbocycles. The second-order valence-corrected chi connectivity index (χ2v) is 14.4. The molecule has 10 aromatic rings. The van der Waals surface area contributed by atoms with Gasteiger partial charge in [0.1, 0.15) is 16.9 Å². The molecule has 2 aromatic heterocycles. The van der Waals surface area contributed by atoms with Crippen molar-refractivity contribution in [2.45, 2.75) is 13.5 Å². The number of aromatic nitrogens is 1. The molecule has 2 aliphatic rings. The van der Waals surface area contributed by atoms with Crippen molar-refractivity contribution in [1.82, 2.24) is 4.57 Å². The van der Waals surface area contributed by atoms with Crippen LogP contribution in [-0.4, -0.2) is 4.57 Å². The summed E-state index contributed by atoms with van der Waals surface area (Å²) >= 11 is 0. The van der Waals surface area contributed by atoms with Crippen molar-refractivity contribution >= 4 is 77.9 Å². The fourth-order valence-corrected chi connectivity index (χ4v) is 8.87. The van der Waals surface area contributed by atoms with Crippen molar-refractivity contribution in [1.29, 1.82) is 0 Å². The van der Waals surface area contributed by atoms with Gasteiger partial charge >= 0.3 is 0 Å². The van der Waals surface area contributed by atoms with Gasteiger partial charge in [0.15, 0.2) is 23.0 Å². The van der Waals surface area contributed by atoms with E-state index in [9.17, 15) is 0 Å². The topological polar surface area (TPSA) is 43.0 Å². The SMILES string of the molecule is CCn1c2ccccc2c2ccc(N(c3ccc(-c4ccc5c(c4)Oc4cccc6c4N5c4ccccc4O6)cc3)c3cccc4oc5ccccc5c34)cc21. The number of benzene rings is 8. The lowest BCUT2D eigenvalue weighted by Crippen LogP contribution is -2.20. The number of rotatable bonds is 5. The molecule has 4 heterocycles. The van der Waals surface area contributed by atoms with E-state index in [1.807, 2.05) is 48.5 Å². The summed E-state index contributed by atoms with van der Waals surface area (Å²) in [5.74, 6) is 3.18. The van der Waals surface area contributed by atoms with E-state index < -0.39 is 0 Å². The molecule has 0 fully saturated rings. The molecule has 0 bridgehead atoms. The van der Waals surface area contributed by atoms with Crippen LogP contribution >= 0.6 is 0 Å². The highest BCUT2D eigenvalue weighted by Crippen LogP contribution is 2.59. The Labute approximate surface area is 322 Å². The van der Waals surface area contributed by atoms with Crippen LogP contribution in [0.1, 0.15) is 6.92 Å². The Morgan fingerprint density at radius 1 is 0.482 bits per heavy atom. The lowest BCUT2D eigenvalue weighted by atomic mass is 10.0. The highest BCUT2D eigenvalue weighted by atomic mass is 16.5. The van der Waals surface area contributed by atoms with Gasteiger partial charge in [0.2, 0.25) is 0 Å². The van der Waals surface area contributed by atoms with Crippen molar-refractivity contribution in [3.8, 4) is 34.1 Å². The minimum atomic E-state index is 0.771. The van der Waals surface area contributed by atoms with Crippen molar-refractivity contribution in [3.05, 3.63) is 170 Å². The largest absolute Gasteiger partial charge is 0.456 e. The Balaban J connectivity index is 0.996. The van der Waals surface area contributed by atoms with Gasteiger partial charge in [0, 0.05) is 39.6 Å². The number of nitrogens with zero attached hydrogens (tertiary/aromatic N) is 3. The summed E-state index contributed by atoms with van der Waals surface area (Å²) in [5, 5.41) is 4.70. The van der Waals surface area contributed by atoms with Crippen molar-refractivity contribution in [3.63, 3.8) is 0 Å². The number of furan rings is 1. The summed E-state index contributed by atoms with van der Waals surface area (Å²) in [4.78, 5) is 4.62. The average Bonchev–Trinajstić information content (AvgIpc) is 3.79. The van der Waals surface area contributed by atoms with Gasteiger partial charge in [0.25, 0.3) is 0 Å². The number of anilines is 6. The van der Waals surface area contributed by atoms with Crippen LogP contribution in [0.15, 0.2) is 174 Å². The van der Waals surface area contributed by atoms with Crippen molar-refractivity contribution < 1.29 is 13.9 Å². The van der Waals surface area contributed by atoms with E-state index >= 15 is 0 Å². The van der Waals surface area contributed by atoms with E-state index in [0.717, 1.165) is 96.7 Å². The first kappa shape index (κ1) is 31.0. The first-order valence-electron chi connectivity index (χ1n) is 19.1. The maximum Gasteiger partial charge on any atom is 0.155 e. The molecule has 0 saturated carbocycles. The summed E-state index contributed by atoms with van der Waals surface area (Å²) in [6.45, 7) is 3.09.